The maximum atomic E-state index is 14.3. The minimum absolute atomic E-state index is 0.300. The summed E-state index contributed by atoms with van der Waals surface area (Å²) in [5, 5.41) is 4.47. The number of benzene rings is 1. The van der Waals surface area contributed by atoms with E-state index in [1.54, 1.807) is 35.3 Å². The van der Waals surface area contributed by atoms with Gasteiger partial charge in [-0.05, 0) is 29.8 Å². The highest BCUT2D eigenvalue weighted by molar-refractivity contribution is 6.29. The van der Waals surface area contributed by atoms with Crippen LogP contribution < -0.4 is 0 Å². The van der Waals surface area contributed by atoms with E-state index in [0.717, 1.165) is 11.3 Å². The number of rotatable bonds is 2. The molecule has 0 aliphatic rings. The predicted octanol–water partition coefficient (Wildman–Crippen LogP) is 3.94. The van der Waals surface area contributed by atoms with Crippen LogP contribution in [0, 0.1) is 5.82 Å². The van der Waals surface area contributed by atoms with Gasteiger partial charge in [0.2, 0.25) is 0 Å². The maximum absolute atomic E-state index is 14.3. The van der Waals surface area contributed by atoms with Crippen molar-refractivity contribution in [2.75, 3.05) is 0 Å². The SMILES string of the molecule is Cn1nccc1-c1cccc(F)c1-c1ccnc(Cl)c1. The van der Waals surface area contributed by atoms with Crippen LogP contribution in [0.3, 0.4) is 0 Å². The van der Waals surface area contributed by atoms with E-state index in [1.165, 1.54) is 6.07 Å². The number of aromatic nitrogens is 3. The van der Waals surface area contributed by atoms with Gasteiger partial charge in [0.1, 0.15) is 11.0 Å². The average Bonchev–Trinajstić information content (AvgIpc) is 2.84. The Labute approximate surface area is 120 Å². The molecule has 3 aromatic rings. The third kappa shape index (κ3) is 2.18. The lowest BCUT2D eigenvalue weighted by Crippen LogP contribution is -1.97. The van der Waals surface area contributed by atoms with Crippen LogP contribution in [0.4, 0.5) is 4.39 Å². The summed E-state index contributed by atoms with van der Waals surface area (Å²) in [5.41, 5.74) is 2.81. The highest BCUT2D eigenvalue weighted by Crippen LogP contribution is 2.34. The summed E-state index contributed by atoms with van der Waals surface area (Å²) in [6.45, 7) is 0. The van der Waals surface area contributed by atoms with Crippen LogP contribution in [0.2, 0.25) is 5.15 Å². The quantitative estimate of drug-likeness (QED) is 0.668. The second-order valence-corrected chi connectivity index (χ2v) is 4.76. The van der Waals surface area contributed by atoms with Crippen molar-refractivity contribution < 1.29 is 4.39 Å². The fourth-order valence-electron chi connectivity index (χ4n) is 2.23. The van der Waals surface area contributed by atoms with Crippen LogP contribution in [0.1, 0.15) is 0 Å². The largest absolute Gasteiger partial charge is 0.268 e. The Balaban J connectivity index is 2.28. The Hall–Kier alpha value is -2.20. The molecule has 0 saturated carbocycles. The van der Waals surface area contributed by atoms with E-state index in [0.29, 0.717) is 16.3 Å². The number of hydrogen-bond donors (Lipinski definition) is 0. The van der Waals surface area contributed by atoms with Crippen LogP contribution >= 0.6 is 11.6 Å². The molecule has 2 heterocycles. The third-order valence-electron chi connectivity index (χ3n) is 3.13. The van der Waals surface area contributed by atoms with E-state index in [1.807, 2.05) is 19.2 Å². The summed E-state index contributed by atoms with van der Waals surface area (Å²) in [6.07, 6.45) is 3.25. The van der Waals surface area contributed by atoms with Crippen molar-refractivity contribution in [3.05, 3.63) is 59.8 Å². The zero-order chi connectivity index (χ0) is 14.1. The Morgan fingerprint density at radius 3 is 2.70 bits per heavy atom. The normalized spacial score (nSPS) is 10.8. The first-order chi connectivity index (χ1) is 9.66. The molecular weight excluding hydrogens is 277 g/mol. The summed E-state index contributed by atoms with van der Waals surface area (Å²) in [5.74, 6) is -0.300. The van der Waals surface area contributed by atoms with Crippen LogP contribution in [0.25, 0.3) is 22.4 Å². The van der Waals surface area contributed by atoms with Crippen molar-refractivity contribution in [3.63, 3.8) is 0 Å². The van der Waals surface area contributed by atoms with E-state index in [-0.39, 0.29) is 5.82 Å². The molecule has 5 heteroatoms. The summed E-state index contributed by atoms with van der Waals surface area (Å²) in [4.78, 5) is 3.93. The number of halogens is 2. The summed E-state index contributed by atoms with van der Waals surface area (Å²) < 4.78 is 16.0. The molecule has 2 aromatic heterocycles. The molecule has 0 amide bonds. The van der Waals surface area contributed by atoms with Crippen molar-refractivity contribution in [1.82, 2.24) is 14.8 Å². The van der Waals surface area contributed by atoms with Gasteiger partial charge in [-0.3, -0.25) is 4.68 Å². The highest BCUT2D eigenvalue weighted by Gasteiger charge is 2.15. The zero-order valence-electron chi connectivity index (χ0n) is 10.7. The molecule has 0 aliphatic carbocycles. The lowest BCUT2D eigenvalue weighted by molar-refractivity contribution is 0.631. The van der Waals surface area contributed by atoms with Crippen molar-refractivity contribution in [1.29, 1.82) is 0 Å². The molecule has 0 unspecified atom stereocenters. The van der Waals surface area contributed by atoms with Gasteiger partial charge >= 0.3 is 0 Å². The molecule has 0 radical (unpaired) electrons. The van der Waals surface area contributed by atoms with Gasteiger partial charge in [0.15, 0.2) is 0 Å². The number of pyridine rings is 1. The Morgan fingerprint density at radius 2 is 2.00 bits per heavy atom. The van der Waals surface area contributed by atoms with Crippen molar-refractivity contribution in [2.45, 2.75) is 0 Å². The lowest BCUT2D eigenvalue weighted by atomic mass is 9.98. The van der Waals surface area contributed by atoms with Gasteiger partial charge in [-0.1, -0.05) is 23.7 Å². The second-order valence-electron chi connectivity index (χ2n) is 4.37. The maximum Gasteiger partial charge on any atom is 0.131 e. The molecule has 20 heavy (non-hydrogen) atoms. The van der Waals surface area contributed by atoms with Gasteiger partial charge in [0.05, 0.1) is 5.69 Å². The molecule has 0 fully saturated rings. The van der Waals surface area contributed by atoms with E-state index in [9.17, 15) is 4.39 Å². The van der Waals surface area contributed by atoms with Crippen molar-refractivity contribution in [3.8, 4) is 22.4 Å². The molecule has 1 aromatic carbocycles. The average molecular weight is 288 g/mol. The van der Waals surface area contributed by atoms with Crippen LogP contribution in [-0.2, 0) is 7.05 Å². The smallest absolute Gasteiger partial charge is 0.131 e. The summed E-state index contributed by atoms with van der Waals surface area (Å²) in [6, 6.07) is 10.2. The van der Waals surface area contributed by atoms with Gasteiger partial charge < -0.3 is 0 Å². The molecule has 0 spiro atoms. The monoisotopic (exact) mass is 287 g/mol. The molecule has 0 saturated heterocycles. The minimum atomic E-state index is -0.300. The van der Waals surface area contributed by atoms with E-state index in [2.05, 4.69) is 10.1 Å². The second kappa shape index (κ2) is 5.06. The Morgan fingerprint density at radius 1 is 1.15 bits per heavy atom. The molecule has 0 bridgehead atoms. The number of nitrogens with zero attached hydrogens (tertiary/aromatic N) is 3. The minimum Gasteiger partial charge on any atom is -0.268 e. The molecule has 3 nitrogen and oxygen atoms in total. The predicted molar refractivity (Wildman–Crippen MR) is 76.8 cm³/mol. The molecule has 3 rings (SSSR count). The van der Waals surface area contributed by atoms with E-state index < -0.39 is 0 Å². The van der Waals surface area contributed by atoms with Crippen LogP contribution in [0.5, 0.6) is 0 Å². The van der Waals surface area contributed by atoms with Gasteiger partial charge in [-0.2, -0.15) is 5.10 Å². The van der Waals surface area contributed by atoms with Gasteiger partial charge in [-0.25, -0.2) is 9.37 Å². The topological polar surface area (TPSA) is 30.7 Å². The van der Waals surface area contributed by atoms with Crippen LogP contribution in [-0.4, -0.2) is 14.8 Å². The first-order valence-corrected chi connectivity index (χ1v) is 6.43. The molecule has 100 valence electrons. The molecule has 0 N–H and O–H groups in total. The summed E-state index contributed by atoms with van der Waals surface area (Å²) >= 11 is 5.90. The van der Waals surface area contributed by atoms with Crippen molar-refractivity contribution in [2.24, 2.45) is 7.05 Å². The summed E-state index contributed by atoms with van der Waals surface area (Å²) in [7, 11) is 1.82. The molecule has 0 aliphatic heterocycles. The number of hydrogen-bond acceptors (Lipinski definition) is 2. The van der Waals surface area contributed by atoms with Gasteiger partial charge in [0, 0.05) is 30.6 Å². The fourth-order valence-corrected chi connectivity index (χ4v) is 2.40. The zero-order valence-corrected chi connectivity index (χ0v) is 11.5. The molecule has 0 atom stereocenters. The Kier molecular flexibility index (Phi) is 3.24. The van der Waals surface area contributed by atoms with Crippen molar-refractivity contribution >= 4 is 11.6 Å². The number of aryl methyl sites for hydroxylation is 1. The van der Waals surface area contributed by atoms with E-state index in [4.69, 9.17) is 11.6 Å². The molecular formula is C15H11ClFN3. The highest BCUT2D eigenvalue weighted by atomic mass is 35.5. The fraction of sp³-hybridized carbons (Fsp3) is 0.0667. The third-order valence-corrected chi connectivity index (χ3v) is 3.33. The lowest BCUT2D eigenvalue weighted by Gasteiger charge is -2.11. The van der Waals surface area contributed by atoms with Gasteiger partial charge in [-0.15, -0.1) is 0 Å². The van der Waals surface area contributed by atoms with Gasteiger partial charge in [0.25, 0.3) is 0 Å². The Bertz CT molecular complexity index is 767. The van der Waals surface area contributed by atoms with Crippen LogP contribution in [0.15, 0.2) is 48.8 Å². The first kappa shape index (κ1) is 12.8. The first-order valence-electron chi connectivity index (χ1n) is 6.05. The standard InChI is InChI=1S/C15H11ClFN3/c1-20-13(6-8-19-20)11-3-2-4-12(17)15(11)10-5-7-18-14(16)9-10/h2-9H,1H3. The van der Waals surface area contributed by atoms with E-state index >= 15 is 0 Å².